The van der Waals surface area contributed by atoms with E-state index < -0.39 is 29.9 Å². The number of carbonyl (C=O) groups is 2. The van der Waals surface area contributed by atoms with E-state index in [2.05, 4.69) is 5.32 Å². The van der Waals surface area contributed by atoms with Gasteiger partial charge in [-0.15, -0.1) is 0 Å². The Morgan fingerprint density at radius 2 is 1.80 bits per heavy atom. The van der Waals surface area contributed by atoms with Gasteiger partial charge in [-0.05, 0) is 36.4 Å². The molecule has 6 nitrogen and oxygen atoms in total. The van der Waals surface area contributed by atoms with Crippen molar-refractivity contribution < 1.29 is 23.1 Å². The van der Waals surface area contributed by atoms with Crippen LogP contribution in [0.5, 0.6) is 0 Å². The van der Waals surface area contributed by atoms with Gasteiger partial charge in [0.15, 0.2) is 6.61 Å². The van der Waals surface area contributed by atoms with E-state index in [0.29, 0.717) is 16.7 Å². The number of hydrogen-bond acceptors (Lipinski definition) is 5. The molecule has 3 rings (SSSR count). The number of ether oxygens (including phenoxy) is 1. The zero-order valence-corrected chi connectivity index (χ0v) is 12.8. The monoisotopic (exact) mass is 341 g/mol. The van der Waals surface area contributed by atoms with Crippen molar-refractivity contribution in [3.8, 4) is 0 Å². The van der Waals surface area contributed by atoms with Crippen molar-refractivity contribution in [3.05, 3.63) is 76.4 Å². The van der Waals surface area contributed by atoms with E-state index in [-0.39, 0.29) is 5.56 Å². The van der Waals surface area contributed by atoms with Gasteiger partial charge in [-0.1, -0.05) is 18.2 Å². The highest BCUT2D eigenvalue weighted by atomic mass is 19.1. The zero-order valence-electron chi connectivity index (χ0n) is 12.8. The van der Waals surface area contributed by atoms with Crippen LogP contribution < -0.4 is 10.9 Å². The van der Waals surface area contributed by atoms with Crippen LogP contribution in [0.15, 0.2) is 63.8 Å². The lowest BCUT2D eigenvalue weighted by Crippen LogP contribution is -2.23. The molecule has 1 aromatic heterocycles. The molecular formula is C18H12FNO5. The number of esters is 1. The average Bonchev–Trinajstić information content (AvgIpc) is 2.61. The standard InChI is InChI=1S/C18H12FNO5/c19-12-5-7-13(8-6-12)20-16(21)10-24-17(22)14-9-11-3-1-2-4-15(11)25-18(14)23/h1-9H,10H2,(H,20,21). The molecule has 7 heteroatoms. The fraction of sp³-hybridized carbons (Fsp3) is 0.0556. The minimum atomic E-state index is -0.964. The molecule has 0 aliphatic carbocycles. The summed E-state index contributed by atoms with van der Waals surface area (Å²) in [6.45, 7) is -0.595. The molecule has 1 heterocycles. The van der Waals surface area contributed by atoms with Gasteiger partial charge in [0, 0.05) is 11.1 Å². The number of halogens is 1. The zero-order chi connectivity index (χ0) is 17.8. The van der Waals surface area contributed by atoms with Gasteiger partial charge in [-0.3, -0.25) is 4.79 Å². The summed E-state index contributed by atoms with van der Waals surface area (Å²) in [4.78, 5) is 35.6. The first-order chi connectivity index (χ1) is 12.0. The topological polar surface area (TPSA) is 85.6 Å². The molecule has 1 amide bonds. The Morgan fingerprint density at radius 3 is 2.56 bits per heavy atom. The van der Waals surface area contributed by atoms with E-state index in [4.69, 9.17) is 9.15 Å². The number of nitrogens with one attached hydrogen (secondary N) is 1. The summed E-state index contributed by atoms with van der Waals surface area (Å²) in [5.74, 6) is -2.02. The number of fused-ring (bicyclic) bond motifs is 1. The third kappa shape index (κ3) is 3.89. The average molecular weight is 341 g/mol. The Kier molecular flexibility index (Phi) is 4.56. The third-order valence-electron chi connectivity index (χ3n) is 3.32. The van der Waals surface area contributed by atoms with Gasteiger partial charge >= 0.3 is 11.6 Å². The molecule has 0 saturated carbocycles. The van der Waals surface area contributed by atoms with Crippen LogP contribution in [0.1, 0.15) is 10.4 Å². The molecule has 0 atom stereocenters. The molecule has 0 aliphatic rings. The van der Waals surface area contributed by atoms with Crippen LogP contribution in [0, 0.1) is 5.82 Å². The van der Waals surface area contributed by atoms with Gasteiger partial charge in [0.25, 0.3) is 5.91 Å². The molecule has 126 valence electrons. The number of carbonyl (C=O) groups excluding carboxylic acids is 2. The molecule has 0 bridgehead atoms. The Bertz CT molecular complexity index is 994. The van der Waals surface area contributed by atoms with E-state index in [1.165, 1.54) is 30.3 Å². The van der Waals surface area contributed by atoms with E-state index in [1.807, 2.05) is 0 Å². The van der Waals surface area contributed by atoms with Crippen LogP contribution in [0.2, 0.25) is 0 Å². The summed E-state index contributed by atoms with van der Waals surface area (Å²) in [5.41, 5.74) is -0.443. The maximum absolute atomic E-state index is 12.8. The fourth-order valence-corrected chi connectivity index (χ4v) is 2.14. The minimum Gasteiger partial charge on any atom is -0.452 e. The molecule has 0 saturated heterocycles. The predicted molar refractivity (Wildman–Crippen MR) is 87.8 cm³/mol. The number of benzene rings is 2. The number of hydrogen-bond donors (Lipinski definition) is 1. The molecule has 0 radical (unpaired) electrons. The number of anilines is 1. The molecule has 3 aromatic rings. The molecule has 0 aliphatic heterocycles. The van der Waals surface area contributed by atoms with Crippen molar-refractivity contribution in [3.63, 3.8) is 0 Å². The molecule has 0 spiro atoms. The number of amides is 1. The van der Waals surface area contributed by atoms with Gasteiger partial charge in [-0.2, -0.15) is 0 Å². The SMILES string of the molecule is O=C(COC(=O)c1cc2ccccc2oc1=O)Nc1ccc(F)cc1. The normalized spacial score (nSPS) is 10.4. The maximum Gasteiger partial charge on any atom is 0.351 e. The summed E-state index contributed by atoms with van der Waals surface area (Å²) in [5, 5.41) is 3.00. The molecule has 0 fully saturated rings. The van der Waals surface area contributed by atoms with E-state index in [0.717, 1.165) is 0 Å². The van der Waals surface area contributed by atoms with Crippen LogP contribution in [0.25, 0.3) is 11.0 Å². The summed E-state index contributed by atoms with van der Waals surface area (Å²) >= 11 is 0. The van der Waals surface area contributed by atoms with Gasteiger partial charge in [0.2, 0.25) is 0 Å². The lowest BCUT2D eigenvalue weighted by Gasteiger charge is -2.06. The van der Waals surface area contributed by atoms with E-state index in [1.54, 1.807) is 24.3 Å². The van der Waals surface area contributed by atoms with Crippen LogP contribution in [-0.2, 0) is 9.53 Å². The predicted octanol–water partition coefficient (Wildman–Crippen LogP) is 2.73. The summed E-state index contributed by atoms with van der Waals surface area (Å²) in [6, 6.07) is 13.2. The third-order valence-corrected chi connectivity index (χ3v) is 3.32. The molecule has 25 heavy (non-hydrogen) atoms. The second-order valence-corrected chi connectivity index (χ2v) is 5.12. The first-order valence-electron chi connectivity index (χ1n) is 7.28. The van der Waals surface area contributed by atoms with Gasteiger partial charge < -0.3 is 14.5 Å². The van der Waals surface area contributed by atoms with Crippen molar-refractivity contribution in [2.75, 3.05) is 11.9 Å². The largest absolute Gasteiger partial charge is 0.452 e. The Labute approximate surface area is 140 Å². The van der Waals surface area contributed by atoms with Crippen LogP contribution in [0.4, 0.5) is 10.1 Å². The minimum absolute atomic E-state index is 0.298. The highest BCUT2D eigenvalue weighted by Crippen LogP contribution is 2.13. The van der Waals surface area contributed by atoms with E-state index >= 15 is 0 Å². The summed E-state index contributed by atoms with van der Waals surface area (Å²) < 4.78 is 22.7. The number of rotatable bonds is 4. The van der Waals surface area contributed by atoms with Crippen molar-refractivity contribution in [1.29, 1.82) is 0 Å². The Balaban J connectivity index is 1.66. The van der Waals surface area contributed by atoms with Gasteiger partial charge in [0.05, 0.1) is 0 Å². The van der Waals surface area contributed by atoms with Crippen LogP contribution in [0.3, 0.4) is 0 Å². The molecule has 1 N–H and O–H groups in total. The Morgan fingerprint density at radius 1 is 1.08 bits per heavy atom. The lowest BCUT2D eigenvalue weighted by molar-refractivity contribution is -0.119. The first kappa shape index (κ1) is 16.4. The summed E-state index contributed by atoms with van der Waals surface area (Å²) in [7, 11) is 0. The highest BCUT2D eigenvalue weighted by molar-refractivity contribution is 5.96. The Hall–Kier alpha value is -3.48. The van der Waals surface area contributed by atoms with Crippen molar-refractivity contribution in [2.45, 2.75) is 0 Å². The molecule has 0 unspecified atom stereocenters. The lowest BCUT2D eigenvalue weighted by atomic mass is 10.2. The van der Waals surface area contributed by atoms with Crippen LogP contribution >= 0.6 is 0 Å². The second-order valence-electron chi connectivity index (χ2n) is 5.12. The highest BCUT2D eigenvalue weighted by Gasteiger charge is 2.16. The quantitative estimate of drug-likeness (QED) is 0.582. The maximum atomic E-state index is 12.8. The molecule has 2 aromatic carbocycles. The van der Waals surface area contributed by atoms with Crippen LogP contribution in [-0.4, -0.2) is 18.5 Å². The van der Waals surface area contributed by atoms with Crippen molar-refractivity contribution in [1.82, 2.24) is 0 Å². The van der Waals surface area contributed by atoms with Crippen molar-refractivity contribution >= 4 is 28.5 Å². The first-order valence-corrected chi connectivity index (χ1v) is 7.28. The molecular weight excluding hydrogens is 329 g/mol. The van der Waals surface area contributed by atoms with Gasteiger partial charge in [0.1, 0.15) is 17.0 Å². The summed E-state index contributed by atoms with van der Waals surface area (Å²) in [6.07, 6.45) is 0. The fourth-order valence-electron chi connectivity index (χ4n) is 2.14. The van der Waals surface area contributed by atoms with E-state index in [9.17, 15) is 18.8 Å². The van der Waals surface area contributed by atoms with Crippen molar-refractivity contribution in [2.24, 2.45) is 0 Å². The smallest absolute Gasteiger partial charge is 0.351 e. The number of para-hydroxylation sites is 1. The van der Waals surface area contributed by atoms with Gasteiger partial charge in [-0.25, -0.2) is 14.0 Å². The second kappa shape index (κ2) is 6.96.